The Bertz CT molecular complexity index is 266. The van der Waals surface area contributed by atoms with Gasteiger partial charge >= 0.3 is 0 Å². The van der Waals surface area contributed by atoms with Gasteiger partial charge in [0, 0.05) is 25.0 Å². The molecular weight excluding hydrogens is 164 g/mol. The Morgan fingerprint density at radius 2 is 2.46 bits per heavy atom. The minimum absolute atomic E-state index is 0.570. The molecule has 1 aliphatic heterocycles. The van der Waals surface area contributed by atoms with Crippen molar-refractivity contribution in [2.75, 3.05) is 13.2 Å². The third-order valence-electron chi connectivity index (χ3n) is 2.47. The number of nitrogens with one attached hydrogen (secondary N) is 1. The highest BCUT2D eigenvalue weighted by molar-refractivity contribution is 5.07. The second-order valence-corrected chi connectivity index (χ2v) is 3.40. The molecule has 0 spiro atoms. The minimum atomic E-state index is 0.570. The first kappa shape index (κ1) is 8.78. The molecule has 2 heterocycles. The van der Waals surface area contributed by atoms with Gasteiger partial charge in [-0.05, 0) is 19.1 Å². The van der Waals surface area contributed by atoms with Gasteiger partial charge in [0.25, 0.3) is 0 Å². The Morgan fingerprint density at radius 3 is 3.08 bits per heavy atom. The summed E-state index contributed by atoms with van der Waals surface area (Å²) in [5.41, 5.74) is 1.36. The molecule has 1 aromatic rings. The Morgan fingerprint density at radius 1 is 1.62 bits per heavy atom. The fourth-order valence-corrected chi connectivity index (χ4v) is 1.52. The molecule has 0 bridgehead atoms. The van der Waals surface area contributed by atoms with Gasteiger partial charge in [-0.15, -0.1) is 0 Å². The largest absolute Gasteiger partial charge is 0.378 e. The summed E-state index contributed by atoms with van der Waals surface area (Å²) in [4.78, 5) is 0. The number of rotatable bonds is 4. The van der Waals surface area contributed by atoms with Crippen LogP contribution in [-0.4, -0.2) is 23.8 Å². The van der Waals surface area contributed by atoms with Gasteiger partial charge in [0.05, 0.1) is 19.3 Å². The average molecular weight is 180 g/mol. The van der Waals surface area contributed by atoms with E-state index in [0.717, 1.165) is 26.3 Å². The normalized spacial score (nSPS) is 17.3. The van der Waals surface area contributed by atoms with E-state index in [1.54, 1.807) is 0 Å². The van der Waals surface area contributed by atoms with Gasteiger partial charge in [-0.3, -0.25) is 0 Å². The maximum absolute atomic E-state index is 5.09. The van der Waals surface area contributed by atoms with Crippen molar-refractivity contribution >= 4 is 0 Å². The summed E-state index contributed by atoms with van der Waals surface area (Å²) in [5, 5.41) is 3.45. The number of hydrogen-bond acceptors (Lipinski definition) is 2. The molecule has 13 heavy (non-hydrogen) atoms. The van der Waals surface area contributed by atoms with Crippen LogP contribution >= 0.6 is 0 Å². The Kier molecular flexibility index (Phi) is 2.66. The van der Waals surface area contributed by atoms with Crippen molar-refractivity contribution in [3.8, 4) is 0 Å². The van der Waals surface area contributed by atoms with E-state index in [1.165, 1.54) is 5.69 Å². The molecule has 0 radical (unpaired) electrons. The van der Waals surface area contributed by atoms with Crippen LogP contribution in [0.1, 0.15) is 12.6 Å². The molecule has 3 nitrogen and oxygen atoms in total. The lowest BCUT2D eigenvalue weighted by Crippen LogP contribution is -2.45. The maximum Gasteiger partial charge on any atom is 0.0643 e. The number of nitrogens with zero attached hydrogens (tertiary/aromatic N) is 1. The zero-order valence-electron chi connectivity index (χ0n) is 7.99. The monoisotopic (exact) mass is 180 g/mol. The van der Waals surface area contributed by atoms with Crippen molar-refractivity contribution in [1.29, 1.82) is 0 Å². The predicted molar refractivity (Wildman–Crippen MR) is 51.6 cm³/mol. The van der Waals surface area contributed by atoms with E-state index in [-0.39, 0.29) is 0 Å². The number of aryl methyl sites for hydroxylation is 1. The summed E-state index contributed by atoms with van der Waals surface area (Å²) in [6.45, 7) is 5.90. The molecule has 0 amide bonds. The third kappa shape index (κ3) is 1.92. The summed E-state index contributed by atoms with van der Waals surface area (Å²) in [6.07, 6.45) is 2.12. The molecule has 1 saturated heterocycles. The van der Waals surface area contributed by atoms with Crippen LogP contribution < -0.4 is 5.32 Å². The van der Waals surface area contributed by atoms with Crippen molar-refractivity contribution < 1.29 is 4.74 Å². The van der Waals surface area contributed by atoms with Crippen LogP contribution in [0.15, 0.2) is 18.3 Å². The minimum Gasteiger partial charge on any atom is -0.378 e. The van der Waals surface area contributed by atoms with Crippen LogP contribution in [0, 0.1) is 0 Å². The van der Waals surface area contributed by atoms with Crippen LogP contribution in [0.3, 0.4) is 0 Å². The zero-order valence-corrected chi connectivity index (χ0v) is 7.99. The summed E-state index contributed by atoms with van der Waals surface area (Å²) in [7, 11) is 0. The molecule has 1 aliphatic rings. The fourth-order valence-electron chi connectivity index (χ4n) is 1.52. The van der Waals surface area contributed by atoms with E-state index in [2.05, 4.69) is 35.1 Å². The molecule has 3 heteroatoms. The van der Waals surface area contributed by atoms with Crippen LogP contribution in [0.5, 0.6) is 0 Å². The number of ether oxygens (including phenoxy) is 1. The van der Waals surface area contributed by atoms with Crippen molar-refractivity contribution in [3.63, 3.8) is 0 Å². The zero-order chi connectivity index (χ0) is 9.10. The van der Waals surface area contributed by atoms with Gasteiger partial charge in [-0.1, -0.05) is 0 Å². The molecule has 2 rings (SSSR count). The summed E-state index contributed by atoms with van der Waals surface area (Å²) in [5.74, 6) is 0. The highest BCUT2D eigenvalue weighted by Crippen LogP contribution is 2.05. The van der Waals surface area contributed by atoms with Crippen LogP contribution in [-0.2, 0) is 17.8 Å². The quantitative estimate of drug-likeness (QED) is 0.748. The first-order chi connectivity index (χ1) is 6.40. The lowest BCUT2D eigenvalue weighted by Gasteiger charge is -2.27. The second-order valence-electron chi connectivity index (χ2n) is 3.40. The molecule has 0 aliphatic carbocycles. The Hall–Kier alpha value is -0.800. The SMILES string of the molecule is CCn1cccc1CNC1COC1. The van der Waals surface area contributed by atoms with Gasteiger partial charge in [0.15, 0.2) is 0 Å². The van der Waals surface area contributed by atoms with E-state index in [1.807, 2.05) is 0 Å². The highest BCUT2D eigenvalue weighted by Gasteiger charge is 2.17. The molecule has 1 fully saturated rings. The van der Waals surface area contributed by atoms with Crippen molar-refractivity contribution in [3.05, 3.63) is 24.0 Å². The lowest BCUT2D eigenvalue weighted by atomic mass is 10.2. The van der Waals surface area contributed by atoms with E-state index >= 15 is 0 Å². The molecular formula is C10H16N2O. The first-order valence-electron chi connectivity index (χ1n) is 4.85. The van der Waals surface area contributed by atoms with Crippen LogP contribution in [0.2, 0.25) is 0 Å². The van der Waals surface area contributed by atoms with Gasteiger partial charge in [-0.25, -0.2) is 0 Å². The third-order valence-corrected chi connectivity index (χ3v) is 2.47. The topological polar surface area (TPSA) is 26.2 Å². The van der Waals surface area contributed by atoms with Crippen molar-refractivity contribution in [1.82, 2.24) is 9.88 Å². The van der Waals surface area contributed by atoms with Crippen molar-refractivity contribution in [2.45, 2.75) is 26.1 Å². The van der Waals surface area contributed by atoms with E-state index in [9.17, 15) is 0 Å². The summed E-state index contributed by atoms with van der Waals surface area (Å²) < 4.78 is 7.35. The highest BCUT2D eigenvalue weighted by atomic mass is 16.5. The van der Waals surface area contributed by atoms with Gasteiger partial charge in [0.2, 0.25) is 0 Å². The predicted octanol–water partition coefficient (Wildman–Crippen LogP) is 0.996. The van der Waals surface area contributed by atoms with Crippen LogP contribution in [0.25, 0.3) is 0 Å². The number of aromatic nitrogens is 1. The molecule has 72 valence electrons. The Balaban J connectivity index is 1.85. The summed E-state index contributed by atoms with van der Waals surface area (Å²) >= 11 is 0. The van der Waals surface area contributed by atoms with E-state index < -0.39 is 0 Å². The summed E-state index contributed by atoms with van der Waals surface area (Å²) in [6, 6.07) is 4.83. The van der Waals surface area contributed by atoms with E-state index in [0.29, 0.717) is 6.04 Å². The molecule has 0 saturated carbocycles. The second kappa shape index (κ2) is 3.94. The smallest absolute Gasteiger partial charge is 0.0643 e. The van der Waals surface area contributed by atoms with E-state index in [4.69, 9.17) is 4.74 Å². The fraction of sp³-hybridized carbons (Fsp3) is 0.600. The van der Waals surface area contributed by atoms with Crippen molar-refractivity contribution in [2.24, 2.45) is 0 Å². The van der Waals surface area contributed by atoms with Gasteiger partial charge in [-0.2, -0.15) is 0 Å². The Labute approximate surface area is 78.7 Å². The average Bonchev–Trinajstić information content (AvgIpc) is 2.49. The molecule has 1 N–H and O–H groups in total. The molecule has 1 aromatic heterocycles. The molecule has 0 unspecified atom stereocenters. The standard InChI is InChI=1S/C10H16N2O/c1-2-12-5-3-4-10(12)6-11-9-7-13-8-9/h3-5,9,11H,2,6-8H2,1H3. The lowest BCUT2D eigenvalue weighted by molar-refractivity contribution is -0.00600. The van der Waals surface area contributed by atoms with Crippen LogP contribution in [0.4, 0.5) is 0 Å². The molecule has 0 aromatic carbocycles. The van der Waals surface area contributed by atoms with Gasteiger partial charge < -0.3 is 14.6 Å². The first-order valence-corrected chi connectivity index (χ1v) is 4.85. The maximum atomic E-state index is 5.09. The molecule has 0 atom stereocenters. The number of hydrogen-bond donors (Lipinski definition) is 1. The van der Waals surface area contributed by atoms with Gasteiger partial charge in [0.1, 0.15) is 0 Å².